The second kappa shape index (κ2) is 5.88. The van der Waals surface area contributed by atoms with Crippen molar-refractivity contribution in [1.82, 2.24) is 0 Å². The van der Waals surface area contributed by atoms with Crippen LogP contribution in [-0.2, 0) is 11.2 Å². The van der Waals surface area contributed by atoms with Gasteiger partial charge < -0.3 is 9.47 Å². The van der Waals surface area contributed by atoms with E-state index in [1.807, 2.05) is 0 Å². The molecule has 16 heavy (non-hydrogen) atoms. The molecule has 0 saturated heterocycles. The fourth-order valence-corrected chi connectivity index (χ4v) is 1.37. The first-order valence-electron chi connectivity index (χ1n) is 4.65. The highest BCUT2D eigenvalue weighted by Gasteiger charge is 2.10. The van der Waals surface area contributed by atoms with Crippen molar-refractivity contribution in [3.8, 4) is 11.5 Å². The largest absolute Gasteiger partial charge is 0.493 e. The molecule has 0 aliphatic carbocycles. The topological polar surface area (TPSA) is 47.9 Å². The van der Waals surface area contributed by atoms with Gasteiger partial charge in [-0.25, -0.2) is 4.79 Å². The quantitative estimate of drug-likeness (QED) is 0.570. The van der Waals surface area contributed by atoms with E-state index in [-0.39, 0.29) is 6.42 Å². The van der Waals surface area contributed by atoms with Crippen molar-refractivity contribution in [1.29, 1.82) is 0 Å². The number of rotatable bonds is 5. The van der Waals surface area contributed by atoms with Gasteiger partial charge in [-0.15, -0.1) is 0 Å². The summed E-state index contributed by atoms with van der Waals surface area (Å²) in [5.41, 5.74) is 0.939. The predicted octanol–water partition coefficient (Wildman–Crippen LogP) is 2.18. The summed E-state index contributed by atoms with van der Waals surface area (Å²) in [5.74, 6) is 0.926. The Labute approximate surface area is 92.7 Å². The Morgan fingerprint density at radius 1 is 1.31 bits per heavy atom. The Morgan fingerprint density at radius 2 is 1.94 bits per heavy atom. The van der Waals surface area contributed by atoms with Gasteiger partial charge in [0.05, 0.1) is 26.6 Å². The van der Waals surface area contributed by atoms with Crippen LogP contribution in [0.3, 0.4) is 0 Å². The van der Waals surface area contributed by atoms with Crippen molar-refractivity contribution in [2.75, 3.05) is 20.9 Å². The summed E-state index contributed by atoms with van der Waals surface area (Å²) in [6.45, 7) is -0.531. The highest BCUT2D eigenvalue weighted by molar-refractivity contribution is 5.61. The molecule has 0 fully saturated rings. The maximum atomic E-state index is 12.3. The van der Waals surface area contributed by atoms with E-state index in [2.05, 4.69) is 4.99 Å². The summed E-state index contributed by atoms with van der Waals surface area (Å²) >= 11 is 0. The molecular formula is C11H12FNO3. The molecule has 1 aromatic carbocycles. The van der Waals surface area contributed by atoms with Crippen molar-refractivity contribution < 1.29 is 18.7 Å². The fraction of sp³-hybridized carbons (Fsp3) is 0.364. The van der Waals surface area contributed by atoms with Gasteiger partial charge >= 0.3 is 0 Å². The summed E-state index contributed by atoms with van der Waals surface area (Å²) in [6.07, 6.45) is 1.60. The van der Waals surface area contributed by atoms with Gasteiger partial charge in [0.15, 0.2) is 11.5 Å². The molecule has 0 bridgehead atoms. The number of isocyanates is 1. The van der Waals surface area contributed by atoms with Crippen LogP contribution in [0.4, 0.5) is 10.1 Å². The summed E-state index contributed by atoms with van der Waals surface area (Å²) in [7, 11) is 2.96. The van der Waals surface area contributed by atoms with Gasteiger partial charge in [-0.3, -0.25) is 4.39 Å². The summed E-state index contributed by atoms with van der Waals surface area (Å²) in [5, 5.41) is 0. The van der Waals surface area contributed by atoms with Crippen LogP contribution in [-0.4, -0.2) is 27.0 Å². The first-order valence-corrected chi connectivity index (χ1v) is 4.65. The molecule has 5 heteroatoms. The second-order valence-electron chi connectivity index (χ2n) is 2.98. The van der Waals surface area contributed by atoms with Crippen LogP contribution in [0, 0.1) is 0 Å². The number of hydrogen-bond donors (Lipinski definition) is 0. The van der Waals surface area contributed by atoms with E-state index < -0.39 is 6.67 Å². The van der Waals surface area contributed by atoms with E-state index in [0.29, 0.717) is 22.7 Å². The lowest BCUT2D eigenvalue weighted by atomic mass is 10.1. The van der Waals surface area contributed by atoms with Crippen LogP contribution in [0.5, 0.6) is 11.5 Å². The molecule has 0 aromatic heterocycles. The zero-order chi connectivity index (χ0) is 12.0. The Balaban J connectivity index is 3.28. The number of aryl methyl sites for hydroxylation is 1. The Kier molecular flexibility index (Phi) is 4.48. The lowest BCUT2D eigenvalue weighted by Gasteiger charge is -2.10. The normalized spacial score (nSPS) is 9.44. The first-order chi connectivity index (χ1) is 7.76. The van der Waals surface area contributed by atoms with Crippen LogP contribution >= 0.6 is 0 Å². The van der Waals surface area contributed by atoms with Crippen LogP contribution in [0.25, 0.3) is 0 Å². The van der Waals surface area contributed by atoms with Gasteiger partial charge in [-0.2, -0.15) is 4.99 Å². The molecule has 86 valence electrons. The van der Waals surface area contributed by atoms with Crippen molar-refractivity contribution in [2.24, 2.45) is 4.99 Å². The summed E-state index contributed by atoms with van der Waals surface area (Å²) < 4.78 is 22.4. The van der Waals surface area contributed by atoms with E-state index >= 15 is 0 Å². The smallest absolute Gasteiger partial charge is 0.240 e. The molecule has 0 saturated carbocycles. The maximum Gasteiger partial charge on any atom is 0.240 e. The molecule has 4 nitrogen and oxygen atoms in total. The van der Waals surface area contributed by atoms with Crippen LogP contribution in [0.2, 0.25) is 0 Å². The average molecular weight is 225 g/mol. The van der Waals surface area contributed by atoms with E-state index in [1.54, 1.807) is 6.07 Å². The van der Waals surface area contributed by atoms with Gasteiger partial charge in [0, 0.05) is 12.5 Å². The van der Waals surface area contributed by atoms with Crippen molar-refractivity contribution in [3.05, 3.63) is 17.7 Å². The fourth-order valence-electron chi connectivity index (χ4n) is 1.37. The number of aliphatic imine (C=N–C) groups is 1. The number of ether oxygens (including phenoxy) is 2. The molecule has 0 unspecified atom stereocenters. The lowest BCUT2D eigenvalue weighted by Crippen LogP contribution is -1.94. The standard InChI is InChI=1S/C11H12FNO3/c1-15-10-5-8(3-4-12)9(13-7-14)6-11(10)16-2/h5-6H,3-4H2,1-2H3. The van der Waals surface area contributed by atoms with Gasteiger partial charge in [0.25, 0.3) is 0 Å². The molecule has 0 aliphatic rings. The van der Waals surface area contributed by atoms with Crippen LogP contribution in [0.15, 0.2) is 17.1 Å². The van der Waals surface area contributed by atoms with Gasteiger partial charge in [-0.05, 0) is 11.6 Å². The van der Waals surface area contributed by atoms with E-state index in [9.17, 15) is 9.18 Å². The Hall–Kier alpha value is -1.87. The lowest BCUT2D eigenvalue weighted by molar-refractivity contribution is 0.354. The van der Waals surface area contributed by atoms with Gasteiger partial charge in [0.2, 0.25) is 6.08 Å². The van der Waals surface area contributed by atoms with Crippen molar-refractivity contribution in [3.63, 3.8) is 0 Å². The van der Waals surface area contributed by atoms with Crippen LogP contribution < -0.4 is 9.47 Å². The number of hydrogen-bond acceptors (Lipinski definition) is 4. The van der Waals surface area contributed by atoms with Crippen molar-refractivity contribution >= 4 is 11.8 Å². The highest BCUT2D eigenvalue weighted by atomic mass is 19.1. The number of benzene rings is 1. The van der Waals surface area contributed by atoms with E-state index in [1.165, 1.54) is 26.4 Å². The first kappa shape index (κ1) is 12.2. The van der Waals surface area contributed by atoms with Gasteiger partial charge in [-0.1, -0.05) is 0 Å². The third-order valence-electron chi connectivity index (χ3n) is 2.11. The van der Waals surface area contributed by atoms with Gasteiger partial charge in [0.1, 0.15) is 0 Å². The zero-order valence-corrected chi connectivity index (χ0v) is 9.12. The molecule has 0 amide bonds. The number of halogens is 1. The molecule has 0 radical (unpaired) electrons. The number of methoxy groups -OCH3 is 2. The number of nitrogens with zero attached hydrogens (tertiary/aromatic N) is 1. The second-order valence-corrected chi connectivity index (χ2v) is 2.98. The number of alkyl halides is 1. The molecule has 0 N–H and O–H groups in total. The SMILES string of the molecule is COc1cc(CCF)c(N=C=O)cc1OC. The third kappa shape index (κ3) is 2.58. The summed E-state index contributed by atoms with van der Waals surface area (Å²) in [6, 6.07) is 3.13. The molecule has 0 spiro atoms. The molecule has 1 aromatic rings. The van der Waals surface area contributed by atoms with E-state index in [0.717, 1.165) is 0 Å². The Bertz CT molecular complexity index is 414. The summed E-state index contributed by atoms with van der Waals surface area (Å²) in [4.78, 5) is 13.7. The minimum atomic E-state index is -0.531. The Morgan fingerprint density at radius 3 is 2.44 bits per heavy atom. The molecular weight excluding hydrogens is 213 g/mol. The molecule has 1 rings (SSSR count). The predicted molar refractivity (Wildman–Crippen MR) is 57.0 cm³/mol. The molecule has 0 aliphatic heterocycles. The average Bonchev–Trinajstić information content (AvgIpc) is 2.31. The molecule has 0 atom stereocenters. The number of carbonyl (C=O) groups excluding carboxylic acids is 1. The van der Waals surface area contributed by atoms with E-state index in [4.69, 9.17) is 9.47 Å². The monoisotopic (exact) mass is 225 g/mol. The maximum absolute atomic E-state index is 12.3. The molecule has 0 heterocycles. The highest BCUT2D eigenvalue weighted by Crippen LogP contribution is 2.34. The minimum absolute atomic E-state index is 0.168. The van der Waals surface area contributed by atoms with Crippen molar-refractivity contribution in [2.45, 2.75) is 6.42 Å². The minimum Gasteiger partial charge on any atom is -0.493 e. The zero-order valence-electron chi connectivity index (χ0n) is 9.12. The third-order valence-corrected chi connectivity index (χ3v) is 2.11. The van der Waals surface area contributed by atoms with Crippen LogP contribution in [0.1, 0.15) is 5.56 Å².